The van der Waals surface area contributed by atoms with Crippen LogP contribution in [0.3, 0.4) is 0 Å². The topological polar surface area (TPSA) is 55.2 Å². The molecule has 0 saturated carbocycles. The molecule has 82 valence electrons. The van der Waals surface area contributed by atoms with Gasteiger partial charge in [-0.25, -0.2) is 0 Å². The smallest absolute Gasteiger partial charge is 0.235 e. The zero-order chi connectivity index (χ0) is 11.1. The molecule has 0 spiro atoms. The Morgan fingerprint density at radius 2 is 2.33 bits per heavy atom. The first kappa shape index (κ1) is 10.2. The fourth-order valence-corrected chi connectivity index (χ4v) is 2.31. The van der Waals surface area contributed by atoms with Crippen molar-refractivity contribution in [2.75, 3.05) is 6.54 Å². The summed E-state index contributed by atoms with van der Waals surface area (Å²) < 4.78 is 0. The van der Waals surface area contributed by atoms with Crippen LogP contribution in [0.25, 0.3) is 0 Å². The van der Waals surface area contributed by atoms with Gasteiger partial charge in [0.05, 0.1) is 0 Å². The Morgan fingerprint density at radius 3 is 3.00 bits per heavy atom. The molecule has 0 fully saturated rings. The zero-order valence-electron chi connectivity index (χ0n) is 9.12. The minimum atomic E-state index is -0.539. The summed E-state index contributed by atoms with van der Waals surface area (Å²) in [5.74, 6) is 0. The maximum absolute atomic E-state index is 10.8. The van der Waals surface area contributed by atoms with Gasteiger partial charge in [-0.3, -0.25) is 10.1 Å². The molecule has 1 atom stereocenters. The van der Waals surface area contributed by atoms with Crippen molar-refractivity contribution in [3.05, 3.63) is 33.5 Å². The van der Waals surface area contributed by atoms with Crippen LogP contribution < -0.4 is 5.32 Å². The molecule has 2 rings (SSSR count). The predicted molar refractivity (Wildman–Crippen MR) is 58.0 cm³/mol. The Kier molecular flexibility index (Phi) is 2.29. The molecule has 0 radical (unpaired) electrons. The summed E-state index contributed by atoms with van der Waals surface area (Å²) in [4.78, 5) is 10.5. The van der Waals surface area contributed by atoms with Crippen molar-refractivity contribution in [3.63, 3.8) is 0 Å². The largest absolute Gasteiger partial charge is 0.385 e. The van der Waals surface area contributed by atoms with Gasteiger partial charge in [0.1, 0.15) is 0 Å². The van der Waals surface area contributed by atoms with Crippen molar-refractivity contribution in [2.24, 2.45) is 5.41 Å². The molecule has 0 bridgehead atoms. The van der Waals surface area contributed by atoms with E-state index in [4.69, 9.17) is 0 Å². The second kappa shape index (κ2) is 3.36. The standard InChI is InChI=1S/C11H16N2O2/c1-11(2)5-6-12-10-4-3-8(13(14)15)7-9(10)11/h3-4,8,12H,5-7H2,1-2H3. The van der Waals surface area contributed by atoms with Gasteiger partial charge in [0, 0.05) is 23.6 Å². The van der Waals surface area contributed by atoms with E-state index < -0.39 is 6.04 Å². The van der Waals surface area contributed by atoms with Crippen molar-refractivity contribution in [2.45, 2.75) is 32.7 Å². The van der Waals surface area contributed by atoms with Crippen molar-refractivity contribution in [1.82, 2.24) is 5.32 Å². The van der Waals surface area contributed by atoms with E-state index >= 15 is 0 Å². The molecule has 0 aromatic heterocycles. The number of hydrogen-bond donors (Lipinski definition) is 1. The molecule has 1 N–H and O–H groups in total. The highest BCUT2D eigenvalue weighted by Gasteiger charge is 2.35. The Hall–Kier alpha value is -1.32. The van der Waals surface area contributed by atoms with Gasteiger partial charge >= 0.3 is 0 Å². The van der Waals surface area contributed by atoms with Crippen molar-refractivity contribution in [3.8, 4) is 0 Å². The summed E-state index contributed by atoms with van der Waals surface area (Å²) in [6, 6.07) is -0.539. The third kappa shape index (κ3) is 1.76. The number of nitrogens with one attached hydrogen (secondary N) is 1. The third-order valence-corrected chi connectivity index (χ3v) is 3.38. The molecular weight excluding hydrogens is 192 g/mol. The first-order valence-electron chi connectivity index (χ1n) is 5.30. The van der Waals surface area contributed by atoms with Crippen LogP contribution in [0.4, 0.5) is 0 Å². The summed E-state index contributed by atoms with van der Waals surface area (Å²) >= 11 is 0. The Balaban J connectivity index is 2.30. The predicted octanol–water partition coefficient (Wildman–Crippen LogP) is 1.87. The molecule has 15 heavy (non-hydrogen) atoms. The molecule has 1 unspecified atom stereocenters. The Labute approximate surface area is 89.2 Å². The molecule has 0 amide bonds. The molecular formula is C11H16N2O2. The maximum Gasteiger partial charge on any atom is 0.235 e. The quantitative estimate of drug-likeness (QED) is 0.528. The van der Waals surface area contributed by atoms with E-state index in [-0.39, 0.29) is 10.3 Å². The van der Waals surface area contributed by atoms with E-state index in [0.29, 0.717) is 6.42 Å². The number of nitro groups is 1. The molecule has 4 nitrogen and oxygen atoms in total. The maximum atomic E-state index is 10.8. The molecule has 0 aromatic carbocycles. The fraction of sp³-hybridized carbons (Fsp3) is 0.636. The Bertz CT molecular complexity index is 356. The summed E-state index contributed by atoms with van der Waals surface area (Å²) in [5, 5.41) is 14.1. The molecule has 2 aliphatic rings. The molecule has 0 aromatic rings. The van der Waals surface area contributed by atoms with Crippen LogP contribution in [0.2, 0.25) is 0 Å². The van der Waals surface area contributed by atoms with Crippen molar-refractivity contribution in [1.29, 1.82) is 0 Å². The first-order valence-corrected chi connectivity index (χ1v) is 5.30. The minimum absolute atomic E-state index is 0.0968. The summed E-state index contributed by atoms with van der Waals surface area (Å²) in [5.41, 5.74) is 2.40. The van der Waals surface area contributed by atoms with Crippen molar-refractivity contribution >= 4 is 0 Å². The van der Waals surface area contributed by atoms with E-state index in [9.17, 15) is 10.1 Å². The van der Waals surface area contributed by atoms with Gasteiger partial charge in [-0.1, -0.05) is 13.8 Å². The number of hydrogen-bond acceptors (Lipinski definition) is 3. The fourth-order valence-electron chi connectivity index (χ4n) is 2.31. The van der Waals surface area contributed by atoms with Crippen molar-refractivity contribution < 1.29 is 4.92 Å². The molecule has 0 saturated heterocycles. The van der Waals surface area contributed by atoms with Crippen LogP contribution in [0, 0.1) is 15.5 Å². The second-order valence-corrected chi connectivity index (χ2v) is 4.87. The van der Waals surface area contributed by atoms with E-state index in [1.807, 2.05) is 6.08 Å². The summed E-state index contributed by atoms with van der Waals surface area (Å²) in [6.45, 7) is 5.29. The average molecular weight is 208 g/mol. The lowest BCUT2D eigenvalue weighted by atomic mass is 9.73. The SMILES string of the molecule is CC1(C)CCNC2=C1CC([N+](=O)[O-])C=C2. The third-order valence-electron chi connectivity index (χ3n) is 3.38. The van der Waals surface area contributed by atoms with Gasteiger partial charge in [-0.15, -0.1) is 0 Å². The molecule has 1 aliphatic carbocycles. The summed E-state index contributed by atoms with van der Waals surface area (Å²) in [7, 11) is 0. The van der Waals surface area contributed by atoms with Crippen LogP contribution in [-0.2, 0) is 0 Å². The zero-order valence-corrected chi connectivity index (χ0v) is 9.12. The molecule has 4 heteroatoms. The van der Waals surface area contributed by atoms with Gasteiger partial charge in [0.2, 0.25) is 6.04 Å². The molecule has 1 aliphatic heterocycles. The number of rotatable bonds is 1. The van der Waals surface area contributed by atoms with Crippen LogP contribution in [0.1, 0.15) is 26.7 Å². The lowest BCUT2D eigenvalue weighted by Crippen LogP contribution is -2.36. The number of allylic oxidation sites excluding steroid dienone is 1. The highest BCUT2D eigenvalue weighted by Crippen LogP contribution is 2.39. The Morgan fingerprint density at radius 1 is 1.60 bits per heavy atom. The number of nitrogens with zero attached hydrogens (tertiary/aromatic N) is 1. The molecule has 1 heterocycles. The van der Waals surface area contributed by atoms with Gasteiger partial charge in [-0.2, -0.15) is 0 Å². The van der Waals surface area contributed by atoms with Gasteiger partial charge in [0.15, 0.2) is 0 Å². The van der Waals surface area contributed by atoms with Crippen LogP contribution in [0.5, 0.6) is 0 Å². The van der Waals surface area contributed by atoms with E-state index in [1.54, 1.807) is 6.08 Å². The van der Waals surface area contributed by atoms with E-state index in [1.165, 1.54) is 5.57 Å². The highest BCUT2D eigenvalue weighted by atomic mass is 16.6. The highest BCUT2D eigenvalue weighted by molar-refractivity contribution is 5.35. The van der Waals surface area contributed by atoms with E-state index in [2.05, 4.69) is 19.2 Å². The lowest BCUT2D eigenvalue weighted by molar-refractivity contribution is -0.509. The first-order chi connectivity index (χ1) is 7.00. The van der Waals surface area contributed by atoms with E-state index in [0.717, 1.165) is 18.7 Å². The van der Waals surface area contributed by atoms with Gasteiger partial charge in [0.25, 0.3) is 0 Å². The monoisotopic (exact) mass is 208 g/mol. The van der Waals surface area contributed by atoms with Crippen LogP contribution in [0.15, 0.2) is 23.4 Å². The van der Waals surface area contributed by atoms with Gasteiger partial charge in [-0.05, 0) is 29.6 Å². The average Bonchev–Trinajstić information content (AvgIpc) is 2.17. The second-order valence-electron chi connectivity index (χ2n) is 4.87. The van der Waals surface area contributed by atoms with Gasteiger partial charge < -0.3 is 5.32 Å². The lowest BCUT2D eigenvalue weighted by Gasteiger charge is -2.37. The minimum Gasteiger partial charge on any atom is -0.385 e. The normalized spacial score (nSPS) is 28.3. The summed E-state index contributed by atoms with van der Waals surface area (Å²) in [6.07, 6.45) is 5.16. The van der Waals surface area contributed by atoms with Crippen LogP contribution >= 0.6 is 0 Å². The van der Waals surface area contributed by atoms with Crippen LogP contribution in [-0.4, -0.2) is 17.5 Å².